The summed E-state index contributed by atoms with van der Waals surface area (Å²) in [7, 11) is -2.62. The molecule has 1 fully saturated rings. The van der Waals surface area contributed by atoms with Crippen LogP contribution < -0.4 is 10.1 Å². The lowest BCUT2D eigenvalue weighted by Crippen LogP contribution is -2.31. The number of methoxy groups -OCH3 is 1. The molecule has 1 saturated heterocycles. The predicted molar refractivity (Wildman–Crippen MR) is 115 cm³/mol. The number of rotatable bonds is 6. The molecule has 0 aliphatic carbocycles. The van der Waals surface area contributed by atoms with Crippen LogP contribution in [0.4, 0.5) is 16.0 Å². The first-order valence-electron chi connectivity index (χ1n) is 9.91. The third-order valence-electron chi connectivity index (χ3n) is 5.28. The number of pyridine rings is 2. The van der Waals surface area contributed by atoms with Gasteiger partial charge in [-0.05, 0) is 61.7 Å². The van der Waals surface area contributed by atoms with Crippen LogP contribution in [0.3, 0.4) is 0 Å². The summed E-state index contributed by atoms with van der Waals surface area (Å²) in [5.41, 5.74) is 1.59. The third-order valence-corrected chi connectivity index (χ3v) is 7.21. The number of halogens is 1. The van der Waals surface area contributed by atoms with Gasteiger partial charge in [-0.2, -0.15) is 4.31 Å². The molecule has 4 rings (SSSR count). The molecule has 0 spiro atoms. The number of ether oxygens (including phenoxy) is 1. The van der Waals surface area contributed by atoms with Crippen molar-refractivity contribution in [2.75, 3.05) is 19.0 Å². The van der Waals surface area contributed by atoms with Crippen LogP contribution in [0.5, 0.6) is 5.75 Å². The van der Waals surface area contributed by atoms with E-state index >= 15 is 0 Å². The van der Waals surface area contributed by atoms with Crippen molar-refractivity contribution in [3.8, 4) is 5.75 Å². The van der Waals surface area contributed by atoms with Crippen molar-refractivity contribution in [2.24, 2.45) is 0 Å². The Morgan fingerprint density at radius 1 is 1.19 bits per heavy atom. The van der Waals surface area contributed by atoms with Gasteiger partial charge in [0.1, 0.15) is 28.1 Å². The van der Waals surface area contributed by atoms with Gasteiger partial charge in [0.25, 0.3) is 0 Å². The molecule has 1 atom stereocenters. The molecule has 0 radical (unpaired) electrons. The van der Waals surface area contributed by atoms with Gasteiger partial charge in [0.2, 0.25) is 10.0 Å². The molecule has 162 valence electrons. The highest BCUT2D eigenvalue weighted by Crippen LogP contribution is 2.38. The van der Waals surface area contributed by atoms with E-state index in [2.05, 4.69) is 15.3 Å². The fraction of sp³-hybridized carbons (Fsp3) is 0.273. The topological polar surface area (TPSA) is 84.4 Å². The van der Waals surface area contributed by atoms with Gasteiger partial charge in [0, 0.05) is 12.7 Å². The summed E-state index contributed by atoms with van der Waals surface area (Å²) in [6.45, 7) is 2.27. The summed E-state index contributed by atoms with van der Waals surface area (Å²) in [6, 6.07) is 12.3. The normalized spacial score (nSPS) is 16.9. The first-order valence-corrected chi connectivity index (χ1v) is 11.3. The Balaban J connectivity index is 1.66. The van der Waals surface area contributed by atoms with Crippen LogP contribution >= 0.6 is 0 Å². The lowest BCUT2D eigenvalue weighted by Gasteiger charge is -2.25. The van der Waals surface area contributed by atoms with Crippen LogP contribution in [0.15, 0.2) is 59.6 Å². The Morgan fingerprint density at radius 3 is 2.81 bits per heavy atom. The second kappa shape index (κ2) is 8.60. The summed E-state index contributed by atoms with van der Waals surface area (Å²) in [5.74, 6) is 0.741. The van der Waals surface area contributed by atoms with Gasteiger partial charge in [0.15, 0.2) is 0 Å². The highest BCUT2D eigenvalue weighted by Gasteiger charge is 2.38. The first-order chi connectivity index (χ1) is 14.9. The van der Waals surface area contributed by atoms with Crippen LogP contribution in [0, 0.1) is 12.7 Å². The molecule has 7 nitrogen and oxygen atoms in total. The molecule has 0 bridgehead atoms. The monoisotopic (exact) mass is 442 g/mol. The van der Waals surface area contributed by atoms with E-state index in [-0.39, 0.29) is 10.6 Å². The molecule has 31 heavy (non-hydrogen) atoms. The van der Waals surface area contributed by atoms with Gasteiger partial charge in [-0.25, -0.2) is 22.8 Å². The van der Waals surface area contributed by atoms with Crippen LogP contribution in [-0.4, -0.2) is 36.3 Å². The van der Waals surface area contributed by atoms with Crippen molar-refractivity contribution in [2.45, 2.75) is 30.7 Å². The highest BCUT2D eigenvalue weighted by atomic mass is 32.2. The Labute approximate surface area is 181 Å². The molecule has 0 amide bonds. The Kier molecular flexibility index (Phi) is 5.88. The van der Waals surface area contributed by atoms with Gasteiger partial charge < -0.3 is 10.1 Å². The summed E-state index contributed by atoms with van der Waals surface area (Å²) in [6.07, 6.45) is 2.99. The number of benzene rings is 1. The lowest BCUT2D eigenvalue weighted by molar-refractivity contribution is 0.376. The maximum atomic E-state index is 13.8. The molecular weight excluding hydrogens is 419 g/mol. The van der Waals surface area contributed by atoms with Crippen LogP contribution in [-0.2, 0) is 10.0 Å². The Morgan fingerprint density at radius 2 is 2.03 bits per heavy atom. The van der Waals surface area contributed by atoms with Crippen LogP contribution in [0.2, 0.25) is 0 Å². The zero-order valence-electron chi connectivity index (χ0n) is 17.2. The van der Waals surface area contributed by atoms with Crippen molar-refractivity contribution in [1.29, 1.82) is 0 Å². The lowest BCUT2D eigenvalue weighted by atomic mass is 10.1. The summed E-state index contributed by atoms with van der Waals surface area (Å²) in [5, 5.41) is 3.19. The zero-order chi connectivity index (χ0) is 22.0. The van der Waals surface area contributed by atoms with Crippen molar-refractivity contribution in [1.82, 2.24) is 14.3 Å². The van der Waals surface area contributed by atoms with Crippen molar-refractivity contribution >= 4 is 21.7 Å². The summed E-state index contributed by atoms with van der Waals surface area (Å²) >= 11 is 0. The van der Waals surface area contributed by atoms with E-state index < -0.39 is 21.9 Å². The number of anilines is 2. The van der Waals surface area contributed by atoms with Gasteiger partial charge in [-0.3, -0.25) is 0 Å². The number of aromatic nitrogens is 2. The molecule has 2 aromatic heterocycles. The number of aryl methyl sites for hydroxylation is 1. The fourth-order valence-corrected chi connectivity index (χ4v) is 5.58. The number of nitrogens with zero attached hydrogens (tertiary/aromatic N) is 3. The molecule has 9 heteroatoms. The predicted octanol–water partition coefficient (Wildman–Crippen LogP) is 4.20. The fourth-order valence-electron chi connectivity index (χ4n) is 3.75. The van der Waals surface area contributed by atoms with E-state index in [1.165, 1.54) is 23.5 Å². The smallest absolute Gasteiger partial charge is 0.247 e. The molecule has 1 unspecified atom stereocenters. The number of hydrogen-bond acceptors (Lipinski definition) is 6. The Hall–Kier alpha value is -3.04. The zero-order valence-corrected chi connectivity index (χ0v) is 18.1. The van der Waals surface area contributed by atoms with E-state index in [0.29, 0.717) is 36.7 Å². The second-order valence-corrected chi connectivity index (χ2v) is 9.17. The van der Waals surface area contributed by atoms with E-state index in [1.54, 1.807) is 18.3 Å². The molecule has 3 aromatic rings. The average molecular weight is 443 g/mol. The maximum absolute atomic E-state index is 13.8. The third kappa shape index (κ3) is 4.24. The van der Waals surface area contributed by atoms with Crippen LogP contribution in [0.1, 0.15) is 30.1 Å². The second-order valence-electron chi connectivity index (χ2n) is 7.31. The van der Waals surface area contributed by atoms with E-state index in [0.717, 1.165) is 11.6 Å². The molecule has 1 N–H and O–H groups in total. The first kappa shape index (κ1) is 21.2. The van der Waals surface area contributed by atoms with Gasteiger partial charge >= 0.3 is 0 Å². The maximum Gasteiger partial charge on any atom is 0.247 e. The van der Waals surface area contributed by atoms with Crippen molar-refractivity contribution in [3.63, 3.8) is 0 Å². The minimum Gasteiger partial charge on any atom is -0.495 e. The summed E-state index contributed by atoms with van der Waals surface area (Å²) in [4.78, 5) is 8.78. The minimum atomic E-state index is -3.98. The van der Waals surface area contributed by atoms with Gasteiger partial charge in [0.05, 0.1) is 18.8 Å². The van der Waals surface area contributed by atoms with E-state index in [1.807, 2.05) is 25.1 Å². The molecular formula is C22H23FN4O3S. The molecule has 1 aliphatic heterocycles. The number of sulfonamides is 1. The van der Waals surface area contributed by atoms with Gasteiger partial charge in [-0.15, -0.1) is 0 Å². The van der Waals surface area contributed by atoms with Crippen molar-refractivity contribution in [3.05, 3.63) is 71.8 Å². The quantitative estimate of drug-likeness (QED) is 0.616. The van der Waals surface area contributed by atoms with E-state index in [4.69, 9.17) is 4.74 Å². The minimum absolute atomic E-state index is 0.112. The number of nitrogens with one attached hydrogen (secondary N) is 1. The average Bonchev–Trinajstić information content (AvgIpc) is 3.27. The SMILES string of the molecule is COc1ccc(F)cc1S(=O)(=O)N1CCCC1c1cccc(Nc2ncccc2C)n1. The molecule has 0 saturated carbocycles. The van der Waals surface area contributed by atoms with Crippen molar-refractivity contribution < 1.29 is 17.5 Å². The molecule has 3 heterocycles. The highest BCUT2D eigenvalue weighted by molar-refractivity contribution is 7.89. The van der Waals surface area contributed by atoms with E-state index in [9.17, 15) is 12.8 Å². The largest absolute Gasteiger partial charge is 0.495 e. The van der Waals surface area contributed by atoms with Crippen LogP contribution in [0.25, 0.3) is 0 Å². The molecule has 1 aliphatic rings. The summed E-state index contributed by atoms with van der Waals surface area (Å²) < 4.78 is 47.2. The molecule has 1 aromatic carbocycles. The standard InChI is InChI=1S/C22H23FN4O3S/c1-15-6-4-12-24-22(15)26-21-9-3-7-17(25-21)18-8-5-13-27(18)31(28,29)20-14-16(23)10-11-19(20)30-2/h3-4,6-7,9-12,14,18H,5,8,13H2,1-2H3,(H,24,25,26). The Bertz CT molecular complexity index is 1200. The number of hydrogen-bond donors (Lipinski definition) is 1. The van der Waals surface area contributed by atoms with Gasteiger partial charge in [-0.1, -0.05) is 12.1 Å².